The van der Waals surface area contributed by atoms with Crippen molar-refractivity contribution in [2.75, 3.05) is 20.8 Å². The second-order valence-electron chi connectivity index (χ2n) is 7.65. The number of rotatable bonds is 11. The summed E-state index contributed by atoms with van der Waals surface area (Å²) in [7, 11) is 3.23. The van der Waals surface area contributed by atoms with E-state index in [0.717, 1.165) is 16.9 Å². The topological polar surface area (TPSA) is 66.0 Å². The average Bonchev–Trinajstić information content (AvgIpc) is 2.75. The minimum absolute atomic E-state index is 0.176. The molecule has 0 aliphatic rings. The molecule has 0 fully saturated rings. The summed E-state index contributed by atoms with van der Waals surface area (Å²) < 4.78 is 22.2. The Morgan fingerprint density at radius 2 is 1.73 bits per heavy atom. The van der Waals surface area contributed by atoms with Gasteiger partial charge in [0.15, 0.2) is 11.5 Å². The standard InChI is InChI=1S/C24H33NO5/c1-16(2)14-30-22-11-10-20(13-23(22)28-6)17(3)25-24(26)18(4)29-15-19-8-7-9-21(12-19)27-5/h7-13,16-18H,14-15H2,1-6H3,(H,25,26). The Kier molecular flexibility index (Phi) is 8.99. The van der Waals surface area contributed by atoms with Gasteiger partial charge in [0.2, 0.25) is 5.91 Å². The highest BCUT2D eigenvalue weighted by Gasteiger charge is 2.18. The molecule has 0 heterocycles. The molecule has 6 nitrogen and oxygen atoms in total. The van der Waals surface area contributed by atoms with Gasteiger partial charge in [0.05, 0.1) is 33.5 Å². The van der Waals surface area contributed by atoms with Crippen molar-refractivity contribution in [1.29, 1.82) is 0 Å². The molecule has 1 N–H and O–H groups in total. The Labute approximate surface area is 179 Å². The maximum atomic E-state index is 12.6. The lowest BCUT2D eigenvalue weighted by Crippen LogP contribution is -2.36. The van der Waals surface area contributed by atoms with Crippen molar-refractivity contribution in [1.82, 2.24) is 5.32 Å². The van der Waals surface area contributed by atoms with Crippen LogP contribution in [0.25, 0.3) is 0 Å². The maximum Gasteiger partial charge on any atom is 0.249 e. The molecule has 0 aromatic heterocycles. The number of hydrogen-bond donors (Lipinski definition) is 1. The molecule has 2 rings (SSSR count). The fourth-order valence-electron chi connectivity index (χ4n) is 2.80. The maximum absolute atomic E-state index is 12.6. The summed E-state index contributed by atoms with van der Waals surface area (Å²) in [5, 5.41) is 2.99. The molecule has 0 bridgehead atoms. The minimum atomic E-state index is -0.589. The molecule has 6 heteroatoms. The van der Waals surface area contributed by atoms with Crippen molar-refractivity contribution < 1.29 is 23.7 Å². The fourth-order valence-corrected chi connectivity index (χ4v) is 2.80. The summed E-state index contributed by atoms with van der Waals surface area (Å²) in [6.07, 6.45) is -0.589. The van der Waals surface area contributed by atoms with Crippen LogP contribution in [0.1, 0.15) is 44.9 Å². The summed E-state index contributed by atoms with van der Waals surface area (Å²) in [5.74, 6) is 2.35. The summed E-state index contributed by atoms with van der Waals surface area (Å²) in [6.45, 7) is 8.80. The smallest absolute Gasteiger partial charge is 0.249 e. The SMILES string of the molecule is COc1cccc(COC(C)C(=O)NC(C)c2ccc(OCC(C)C)c(OC)c2)c1. The van der Waals surface area contributed by atoms with E-state index in [4.69, 9.17) is 18.9 Å². The highest BCUT2D eigenvalue weighted by Crippen LogP contribution is 2.30. The van der Waals surface area contributed by atoms with Crippen LogP contribution in [-0.2, 0) is 16.1 Å². The summed E-state index contributed by atoms with van der Waals surface area (Å²) >= 11 is 0. The van der Waals surface area contributed by atoms with Gasteiger partial charge in [0.1, 0.15) is 11.9 Å². The Morgan fingerprint density at radius 1 is 0.967 bits per heavy atom. The molecule has 0 saturated heterocycles. The quantitative estimate of drug-likeness (QED) is 0.584. The van der Waals surface area contributed by atoms with E-state index in [9.17, 15) is 4.79 Å². The van der Waals surface area contributed by atoms with Gasteiger partial charge in [-0.1, -0.05) is 32.0 Å². The first-order chi connectivity index (χ1) is 14.3. The largest absolute Gasteiger partial charge is 0.497 e. The second kappa shape index (κ2) is 11.5. The number of benzene rings is 2. The third-order valence-electron chi connectivity index (χ3n) is 4.62. The molecule has 0 saturated carbocycles. The highest BCUT2D eigenvalue weighted by atomic mass is 16.5. The average molecular weight is 416 g/mol. The Bertz CT molecular complexity index is 821. The van der Waals surface area contributed by atoms with Crippen LogP contribution in [0.15, 0.2) is 42.5 Å². The van der Waals surface area contributed by atoms with Gasteiger partial charge >= 0.3 is 0 Å². The van der Waals surface area contributed by atoms with Gasteiger partial charge in [-0.2, -0.15) is 0 Å². The zero-order valence-corrected chi connectivity index (χ0v) is 18.7. The van der Waals surface area contributed by atoms with Gasteiger partial charge in [-0.25, -0.2) is 0 Å². The second-order valence-corrected chi connectivity index (χ2v) is 7.65. The van der Waals surface area contributed by atoms with Gasteiger partial charge in [0.25, 0.3) is 0 Å². The highest BCUT2D eigenvalue weighted by molar-refractivity contribution is 5.80. The van der Waals surface area contributed by atoms with E-state index in [1.54, 1.807) is 21.1 Å². The molecule has 2 unspecified atom stereocenters. The van der Waals surface area contributed by atoms with E-state index >= 15 is 0 Å². The zero-order chi connectivity index (χ0) is 22.1. The molecule has 164 valence electrons. The Morgan fingerprint density at radius 3 is 2.40 bits per heavy atom. The van der Waals surface area contributed by atoms with Crippen molar-refractivity contribution in [3.63, 3.8) is 0 Å². The number of carbonyl (C=O) groups is 1. The molecule has 0 spiro atoms. The fraction of sp³-hybridized carbons (Fsp3) is 0.458. The third-order valence-corrected chi connectivity index (χ3v) is 4.62. The minimum Gasteiger partial charge on any atom is -0.497 e. The zero-order valence-electron chi connectivity index (χ0n) is 18.7. The molecular formula is C24H33NO5. The van der Waals surface area contributed by atoms with Crippen LogP contribution in [0.2, 0.25) is 0 Å². The number of methoxy groups -OCH3 is 2. The predicted octanol–water partition coefficient (Wildman–Crippen LogP) is 4.52. The first kappa shape index (κ1) is 23.5. The molecular weight excluding hydrogens is 382 g/mol. The molecule has 30 heavy (non-hydrogen) atoms. The van der Waals surface area contributed by atoms with Crippen LogP contribution in [0.5, 0.6) is 17.2 Å². The van der Waals surface area contributed by atoms with E-state index < -0.39 is 6.10 Å². The van der Waals surface area contributed by atoms with Crippen molar-refractivity contribution in [3.05, 3.63) is 53.6 Å². The molecule has 2 aromatic rings. The number of carbonyl (C=O) groups excluding carboxylic acids is 1. The summed E-state index contributed by atoms with van der Waals surface area (Å²) in [5.41, 5.74) is 1.88. The molecule has 0 aliphatic heterocycles. The number of hydrogen-bond acceptors (Lipinski definition) is 5. The van der Waals surface area contributed by atoms with Crippen molar-refractivity contribution in [3.8, 4) is 17.2 Å². The molecule has 0 radical (unpaired) electrons. The van der Waals surface area contributed by atoms with Crippen LogP contribution < -0.4 is 19.5 Å². The van der Waals surface area contributed by atoms with Crippen molar-refractivity contribution in [2.45, 2.75) is 46.4 Å². The lowest BCUT2D eigenvalue weighted by molar-refractivity contribution is -0.133. The monoisotopic (exact) mass is 415 g/mol. The number of nitrogens with one attached hydrogen (secondary N) is 1. The number of amides is 1. The van der Waals surface area contributed by atoms with Crippen LogP contribution in [0, 0.1) is 5.92 Å². The van der Waals surface area contributed by atoms with Crippen LogP contribution >= 0.6 is 0 Å². The van der Waals surface area contributed by atoms with Gasteiger partial charge < -0.3 is 24.3 Å². The van der Waals surface area contributed by atoms with Gasteiger partial charge in [-0.05, 0) is 55.2 Å². The lowest BCUT2D eigenvalue weighted by atomic mass is 10.1. The summed E-state index contributed by atoms with van der Waals surface area (Å²) in [4.78, 5) is 12.6. The number of ether oxygens (including phenoxy) is 4. The Hall–Kier alpha value is -2.73. The van der Waals surface area contributed by atoms with Crippen molar-refractivity contribution in [2.24, 2.45) is 5.92 Å². The van der Waals surface area contributed by atoms with E-state index in [0.29, 0.717) is 30.6 Å². The third kappa shape index (κ3) is 6.95. The van der Waals surface area contributed by atoms with E-state index in [1.165, 1.54) is 0 Å². The normalized spacial score (nSPS) is 12.9. The van der Waals surface area contributed by atoms with Crippen LogP contribution in [0.3, 0.4) is 0 Å². The lowest BCUT2D eigenvalue weighted by Gasteiger charge is -2.20. The predicted molar refractivity (Wildman–Crippen MR) is 117 cm³/mol. The van der Waals surface area contributed by atoms with Gasteiger partial charge in [-0.3, -0.25) is 4.79 Å². The van der Waals surface area contributed by atoms with E-state index in [1.807, 2.05) is 49.4 Å². The molecule has 2 atom stereocenters. The molecule has 1 amide bonds. The molecule has 0 aliphatic carbocycles. The first-order valence-corrected chi connectivity index (χ1v) is 10.2. The summed E-state index contributed by atoms with van der Waals surface area (Å²) in [6, 6.07) is 13.1. The van der Waals surface area contributed by atoms with Crippen LogP contribution in [0.4, 0.5) is 0 Å². The first-order valence-electron chi connectivity index (χ1n) is 10.2. The van der Waals surface area contributed by atoms with Gasteiger partial charge in [0, 0.05) is 0 Å². The molecule has 2 aromatic carbocycles. The van der Waals surface area contributed by atoms with Crippen LogP contribution in [-0.4, -0.2) is 32.8 Å². The van der Waals surface area contributed by atoms with Crippen molar-refractivity contribution >= 4 is 5.91 Å². The van der Waals surface area contributed by atoms with E-state index in [2.05, 4.69) is 19.2 Å². The van der Waals surface area contributed by atoms with E-state index in [-0.39, 0.29) is 11.9 Å². The van der Waals surface area contributed by atoms with Gasteiger partial charge in [-0.15, -0.1) is 0 Å². The Balaban J connectivity index is 1.93.